The van der Waals surface area contributed by atoms with E-state index in [1.54, 1.807) is 0 Å². The molecule has 0 aliphatic carbocycles. The first-order chi connectivity index (χ1) is 5.93. The lowest BCUT2D eigenvalue weighted by Crippen LogP contribution is -2.33. The van der Waals surface area contributed by atoms with Gasteiger partial charge in [0.1, 0.15) is 0 Å². The highest BCUT2D eigenvalue weighted by atomic mass is 14.9. The van der Waals surface area contributed by atoms with E-state index in [9.17, 15) is 0 Å². The summed E-state index contributed by atoms with van der Waals surface area (Å²) in [5.74, 6) is 0. The first-order valence-electron chi connectivity index (χ1n) is 5.37. The molecule has 0 aromatic carbocycles. The molecule has 1 aliphatic heterocycles. The van der Waals surface area contributed by atoms with Gasteiger partial charge < -0.3 is 11.1 Å². The standard InChI is InChI=1S/C10H22N2/c11-8-4-1-2-6-10-7-3-5-9-12-10/h10,12H,1-9,11H2. The molecule has 2 heteroatoms. The van der Waals surface area contributed by atoms with Crippen LogP contribution in [0.2, 0.25) is 0 Å². The fourth-order valence-corrected chi connectivity index (χ4v) is 1.88. The third kappa shape index (κ3) is 4.07. The minimum Gasteiger partial charge on any atom is -0.330 e. The van der Waals surface area contributed by atoms with E-state index in [1.165, 1.54) is 51.5 Å². The van der Waals surface area contributed by atoms with E-state index >= 15 is 0 Å². The summed E-state index contributed by atoms with van der Waals surface area (Å²) in [7, 11) is 0. The van der Waals surface area contributed by atoms with Crippen molar-refractivity contribution in [2.75, 3.05) is 13.1 Å². The SMILES string of the molecule is NCCCCCC1CCCCN1. The molecule has 1 fully saturated rings. The number of nitrogens with one attached hydrogen (secondary N) is 1. The van der Waals surface area contributed by atoms with Crippen LogP contribution in [0.5, 0.6) is 0 Å². The molecule has 1 saturated heterocycles. The van der Waals surface area contributed by atoms with Crippen LogP contribution in [-0.4, -0.2) is 19.1 Å². The monoisotopic (exact) mass is 170 g/mol. The van der Waals surface area contributed by atoms with Crippen LogP contribution in [-0.2, 0) is 0 Å². The Labute approximate surface area is 75.9 Å². The zero-order valence-corrected chi connectivity index (χ0v) is 8.02. The van der Waals surface area contributed by atoms with E-state index in [4.69, 9.17) is 5.73 Å². The van der Waals surface area contributed by atoms with Gasteiger partial charge in [0, 0.05) is 6.04 Å². The Balaban J connectivity index is 1.91. The number of piperidine rings is 1. The molecule has 1 rings (SSSR count). The molecule has 0 spiro atoms. The Morgan fingerprint density at radius 3 is 2.75 bits per heavy atom. The average molecular weight is 170 g/mol. The summed E-state index contributed by atoms with van der Waals surface area (Å²) >= 11 is 0. The normalized spacial score (nSPS) is 24.2. The van der Waals surface area contributed by atoms with E-state index in [0.717, 1.165) is 12.6 Å². The minimum absolute atomic E-state index is 0.816. The number of unbranched alkanes of at least 4 members (excludes halogenated alkanes) is 2. The van der Waals surface area contributed by atoms with Crippen LogP contribution in [0.15, 0.2) is 0 Å². The van der Waals surface area contributed by atoms with Gasteiger partial charge in [-0.2, -0.15) is 0 Å². The maximum Gasteiger partial charge on any atom is 0.00670 e. The van der Waals surface area contributed by atoms with Crippen molar-refractivity contribution in [3.05, 3.63) is 0 Å². The van der Waals surface area contributed by atoms with Gasteiger partial charge in [-0.1, -0.05) is 19.3 Å². The molecule has 2 nitrogen and oxygen atoms in total. The molecule has 1 heterocycles. The lowest BCUT2D eigenvalue weighted by atomic mass is 9.99. The lowest BCUT2D eigenvalue weighted by Gasteiger charge is -2.23. The summed E-state index contributed by atoms with van der Waals surface area (Å²) in [4.78, 5) is 0. The molecule has 0 amide bonds. The maximum atomic E-state index is 5.43. The van der Waals surface area contributed by atoms with E-state index in [0.29, 0.717) is 0 Å². The summed E-state index contributed by atoms with van der Waals surface area (Å²) in [5, 5.41) is 3.56. The summed E-state index contributed by atoms with van der Waals surface area (Å²) in [6.45, 7) is 2.10. The third-order valence-corrected chi connectivity index (χ3v) is 2.67. The highest BCUT2D eigenvalue weighted by molar-refractivity contribution is 4.71. The quantitative estimate of drug-likeness (QED) is 0.616. The van der Waals surface area contributed by atoms with Gasteiger partial charge in [-0.3, -0.25) is 0 Å². The highest BCUT2D eigenvalue weighted by Crippen LogP contribution is 2.13. The van der Waals surface area contributed by atoms with Crippen molar-refractivity contribution in [2.45, 2.75) is 51.0 Å². The molecule has 1 aliphatic rings. The van der Waals surface area contributed by atoms with Crippen LogP contribution in [0.1, 0.15) is 44.9 Å². The van der Waals surface area contributed by atoms with Crippen LogP contribution in [0.3, 0.4) is 0 Å². The van der Waals surface area contributed by atoms with Crippen molar-refractivity contribution in [2.24, 2.45) is 5.73 Å². The van der Waals surface area contributed by atoms with E-state index in [1.807, 2.05) is 0 Å². The van der Waals surface area contributed by atoms with Crippen molar-refractivity contribution in [1.82, 2.24) is 5.32 Å². The van der Waals surface area contributed by atoms with Crippen LogP contribution in [0, 0.1) is 0 Å². The summed E-state index contributed by atoms with van der Waals surface area (Å²) in [6, 6.07) is 0.816. The van der Waals surface area contributed by atoms with E-state index < -0.39 is 0 Å². The number of hydrogen-bond acceptors (Lipinski definition) is 2. The Bertz CT molecular complexity index is 98.0. The fraction of sp³-hybridized carbons (Fsp3) is 1.00. The summed E-state index contributed by atoms with van der Waals surface area (Å²) < 4.78 is 0. The molecular weight excluding hydrogens is 148 g/mol. The van der Waals surface area contributed by atoms with Gasteiger partial charge in [0.05, 0.1) is 0 Å². The molecule has 12 heavy (non-hydrogen) atoms. The largest absolute Gasteiger partial charge is 0.330 e. The molecule has 0 aromatic heterocycles. The molecule has 1 unspecified atom stereocenters. The van der Waals surface area contributed by atoms with Gasteiger partial charge in [-0.15, -0.1) is 0 Å². The average Bonchev–Trinajstić information content (AvgIpc) is 2.14. The Hall–Kier alpha value is -0.0800. The van der Waals surface area contributed by atoms with Crippen LogP contribution >= 0.6 is 0 Å². The molecule has 1 atom stereocenters. The lowest BCUT2D eigenvalue weighted by molar-refractivity contribution is 0.371. The van der Waals surface area contributed by atoms with E-state index in [2.05, 4.69) is 5.32 Å². The van der Waals surface area contributed by atoms with Crippen LogP contribution < -0.4 is 11.1 Å². The van der Waals surface area contributed by atoms with Crippen LogP contribution in [0.4, 0.5) is 0 Å². The zero-order valence-electron chi connectivity index (χ0n) is 8.02. The Morgan fingerprint density at radius 1 is 1.17 bits per heavy atom. The topological polar surface area (TPSA) is 38.0 Å². The number of rotatable bonds is 5. The number of hydrogen-bond donors (Lipinski definition) is 2. The zero-order chi connectivity index (χ0) is 8.65. The van der Waals surface area contributed by atoms with Gasteiger partial charge in [0.25, 0.3) is 0 Å². The van der Waals surface area contributed by atoms with Gasteiger partial charge >= 0.3 is 0 Å². The third-order valence-electron chi connectivity index (χ3n) is 2.67. The van der Waals surface area contributed by atoms with E-state index in [-0.39, 0.29) is 0 Å². The molecule has 72 valence electrons. The second kappa shape index (κ2) is 6.44. The first-order valence-corrected chi connectivity index (χ1v) is 5.37. The Kier molecular flexibility index (Phi) is 5.37. The maximum absolute atomic E-state index is 5.43. The molecule has 0 saturated carbocycles. The molecule has 0 radical (unpaired) electrons. The van der Waals surface area contributed by atoms with Gasteiger partial charge in [-0.05, 0) is 38.8 Å². The smallest absolute Gasteiger partial charge is 0.00670 e. The molecule has 0 bridgehead atoms. The van der Waals surface area contributed by atoms with Crippen molar-refractivity contribution in [3.8, 4) is 0 Å². The van der Waals surface area contributed by atoms with Crippen molar-refractivity contribution in [1.29, 1.82) is 0 Å². The second-order valence-corrected chi connectivity index (χ2v) is 3.78. The van der Waals surface area contributed by atoms with Gasteiger partial charge in [0.15, 0.2) is 0 Å². The summed E-state index contributed by atoms with van der Waals surface area (Å²) in [6.07, 6.45) is 9.42. The molecule has 3 N–H and O–H groups in total. The fourth-order valence-electron chi connectivity index (χ4n) is 1.88. The first kappa shape index (κ1) is 10.0. The van der Waals surface area contributed by atoms with Crippen molar-refractivity contribution in [3.63, 3.8) is 0 Å². The second-order valence-electron chi connectivity index (χ2n) is 3.78. The summed E-state index contributed by atoms with van der Waals surface area (Å²) in [5.41, 5.74) is 5.43. The van der Waals surface area contributed by atoms with Crippen molar-refractivity contribution >= 4 is 0 Å². The molecule has 0 aromatic rings. The van der Waals surface area contributed by atoms with Gasteiger partial charge in [0.2, 0.25) is 0 Å². The van der Waals surface area contributed by atoms with Crippen LogP contribution in [0.25, 0.3) is 0 Å². The number of nitrogens with two attached hydrogens (primary N) is 1. The van der Waals surface area contributed by atoms with Crippen molar-refractivity contribution < 1.29 is 0 Å². The predicted molar refractivity (Wildman–Crippen MR) is 53.2 cm³/mol. The van der Waals surface area contributed by atoms with Gasteiger partial charge in [-0.25, -0.2) is 0 Å². The molecular formula is C10H22N2. The minimum atomic E-state index is 0.816. The highest BCUT2D eigenvalue weighted by Gasteiger charge is 2.10. The Morgan fingerprint density at radius 2 is 2.08 bits per heavy atom. The predicted octanol–water partition coefficient (Wildman–Crippen LogP) is 1.65.